The first-order valence-corrected chi connectivity index (χ1v) is 6.16. The number of rotatable bonds is 3. The van der Waals surface area contributed by atoms with Crippen LogP contribution >= 0.6 is 34.5 Å². The van der Waals surface area contributed by atoms with E-state index in [1.165, 1.54) is 11.3 Å². The monoisotopic (exact) mass is 272 g/mol. The van der Waals surface area contributed by atoms with E-state index >= 15 is 0 Å². The van der Waals surface area contributed by atoms with Crippen LogP contribution in [0.25, 0.3) is 10.7 Å². The van der Waals surface area contributed by atoms with Gasteiger partial charge in [0.05, 0.1) is 16.6 Å². The Hall–Kier alpha value is -0.970. The van der Waals surface area contributed by atoms with Crippen molar-refractivity contribution in [1.29, 1.82) is 0 Å². The molecular weight excluding hydrogens is 267 g/mol. The summed E-state index contributed by atoms with van der Waals surface area (Å²) in [5.41, 5.74) is 1.08. The number of hydrogen-bond acceptors (Lipinski definition) is 4. The first kappa shape index (κ1) is 11.5. The third kappa shape index (κ3) is 2.40. The predicted octanol–water partition coefficient (Wildman–Crippen LogP) is 3.28. The molecule has 0 radical (unpaired) electrons. The number of pyridine rings is 1. The first-order valence-electron chi connectivity index (χ1n) is 4.37. The lowest BCUT2D eigenvalue weighted by Gasteiger charge is -1.94. The van der Waals surface area contributed by atoms with E-state index in [1.54, 1.807) is 23.7 Å². The number of alkyl halides is 1. The average molecular weight is 273 g/mol. The number of thiazole rings is 1. The van der Waals surface area contributed by atoms with Gasteiger partial charge < -0.3 is 0 Å². The zero-order valence-electron chi connectivity index (χ0n) is 7.98. The fraction of sp³-hybridized carbons (Fsp3) is 0.100. The first-order chi connectivity index (χ1) is 7.70. The molecule has 0 fully saturated rings. The molecule has 2 rings (SSSR count). The number of carbonyl (C=O) groups is 1. The van der Waals surface area contributed by atoms with Gasteiger partial charge in [0.15, 0.2) is 5.78 Å². The van der Waals surface area contributed by atoms with Crippen molar-refractivity contribution in [3.63, 3.8) is 0 Å². The number of aromatic nitrogens is 2. The fourth-order valence-corrected chi connectivity index (χ4v) is 2.14. The topological polar surface area (TPSA) is 42.9 Å². The van der Waals surface area contributed by atoms with E-state index in [-0.39, 0.29) is 11.7 Å². The van der Waals surface area contributed by atoms with Gasteiger partial charge in [-0.25, -0.2) is 4.98 Å². The molecule has 0 aliphatic rings. The predicted molar refractivity (Wildman–Crippen MR) is 65.4 cm³/mol. The number of nitrogens with zero attached hydrogens (tertiary/aromatic N) is 2. The molecule has 82 valence electrons. The highest BCUT2D eigenvalue weighted by molar-refractivity contribution is 7.13. The van der Waals surface area contributed by atoms with Gasteiger partial charge in [0.2, 0.25) is 0 Å². The molecule has 2 aromatic heterocycles. The Morgan fingerprint density at radius 3 is 2.88 bits per heavy atom. The van der Waals surface area contributed by atoms with Crippen LogP contribution in [0.4, 0.5) is 0 Å². The maximum absolute atomic E-state index is 11.3. The maximum atomic E-state index is 11.3. The molecular formula is C10H6Cl2N2OS. The van der Waals surface area contributed by atoms with Crippen molar-refractivity contribution < 1.29 is 4.79 Å². The van der Waals surface area contributed by atoms with Crippen LogP contribution in [0.1, 0.15) is 10.5 Å². The minimum absolute atomic E-state index is 0.0583. The molecule has 0 atom stereocenters. The molecule has 0 spiro atoms. The molecule has 3 nitrogen and oxygen atoms in total. The molecule has 6 heteroatoms. The number of hydrogen-bond donors (Lipinski definition) is 0. The van der Waals surface area contributed by atoms with E-state index in [1.807, 2.05) is 0 Å². The Morgan fingerprint density at radius 2 is 2.25 bits per heavy atom. The van der Waals surface area contributed by atoms with Gasteiger partial charge in [-0.15, -0.1) is 22.9 Å². The Morgan fingerprint density at radius 1 is 1.44 bits per heavy atom. The van der Waals surface area contributed by atoms with E-state index in [2.05, 4.69) is 9.97 Å². The summed E-state index contributed by atoms with van der Waals surface area (Å²) in [5.74, 6) is -0.241. The van der Waals surface area contributed by atoms with Crippen LogP contribution in [-0.4, -0.2) is 21.6 Å². The van der Waals surface area contributed by atoms with Crippen molar-refractivity contribution in [3.8, 4) is 10.7 Å². The fourth-order valence-electron chi connectivity index (χ4n) is 1.09. The summed E-state index contributed by atoms with van der Waals surface area (Å²) in [6, 6.07) is 3.49. The van der Waals surface area contributed by atoms with E-state index in [4.69, 9.17) is 23.2 Å². The van der Waals surface area contributed by atoms with Crippen LogP contribution in [0, 0.1) is 0 Å². The van der Waals surface area contributed by atoms with Crippen molar-refractivity contribution in [1.82, 2.24) is 9.97 Å². The van der Waals surface area contributed by atoms with Crippen LogP contribution in [0.3, 0.4) is 0 Å². The van der Waals surface area contributed by atoms with Gasteiger partial charge in [-0.2, -0.15) is 0 Å². The van der Waals surface area contributed by atoms with E-state index < -0.39 is 0 Å². The van der Waals surface area contributed by atoms with Gasteiger partial charge in [-0.05, 0) is 12.1 Å². The highest BCUT2D eigenvalue weighted by Gasteiger charge is 2.11. The van der Waals surface area contributed by atoms with E-state index in [0.717, 1.165) is 0 Å². The Labute approximate surface area is 106 Å². The quantitative estimate of drug-likeness (QED) is 0.636. The minimum atomic E-state index is -0.182. The summed E-state index contributed by atoms with van der Waals surface area (Å²) in [4.78, 5) is 19.6. The molecule has 2 aromatic rings. The van der Waals surface area contributed by atoms with Crippen LogP contribution in [-0.2, 0) is 0 Å². The minimum Gasteiger partial charge on any atom is -0.291 e. The third-order valence-electron chi connectivity index (χ3n) is 1.86. The average Bonchev–Trinajstić information content (AvgIpc) is 2.78. The summed E-state index contributed by atoms with van der Waals surface area (Å²) in [7, 11) is 0. The number of carbonyl (C=O) groups excluding carboxylic acids is 1. The molecule has 0 saturated carbocycles. The second-order valence-electron chi connectivity index (χ2n) is 2.96. The summed E-state index contributed by atoms with van der Waals surface area (Å²) in [5, 5.41) is 2.93. The van der Waals surface area contributed by atoms with Gasteiger partial charge in [-0.1, -0.05) is 11.6 Å². The SMILES string of the molecule is O=C(CCl)c1csc(-c2ccc(Cl)cn2)n1. The standard InChI is InChI=1S/C10H6Cl2N2OS/c11-3-9(15)8-5-16-10(14-8)7-2-1-6(12)4-13-7/h1-2,4-5H,3H2. The molecule has 0 aromatic carbocycles. The van der Waals surface area contributed by atoms with E-state index in [9.17, 15) is 4.79 Å². The largest absolute Gasteiger partial charge is 0.291 e. The lowest BCUT2D eigenvalue weighted by Crippen LogP contribution is -2.00. The van der Waals surface area contributed by atoms with Crippen molar-refractivity contribution in [3.05, 3.63) is 34.4 Å². The van der Waals surface area contributed by atoms with Crippen molar-refractivity contribution in [2.24, 2.45) is 0 Å². The van der Waals surface area contributed by atoms with Crippen molar-refractivity contribution in [2.75, 3.05) is 5.88 Å². The molecule has 0 unspecified atom stereocenters. The third-order valence-corrected chi connectivity index (χ3v) is 3.19. The lowest BCUT2D eigenvalue weighted by atomic mass is 10.3. The molecule has 16 heavy (non-hydrogen) atoms. The summed E-state index contributed by atoms with van der Waals surface area (Å²) < 4.78 is 0. The number of ketones is 1. The Kier molecular flexibility index (Phi) is 3.53. The highest BCUT2D eigenvalue weighted by Crippen LogP contribution is 2.23. The van der Waals surface area contributed by atoms with E-state index in [0.29, 0.717) is 21.4 Å². The van der Waals surface area contributed by atoms with Crippen molar-refractivity contribution in [2.45, 2.75) is 0 Å². The molecule has 0 bridgehead atoms. The molecule has 0 aliphatic heterocycles. The van der Waals surface area contributed by atoms with Gasteiger partial charge >= 0.3 is 0 Å². The highest BCUT2D eigenvalue weighted by atomic mass is 35.5. The molecule has 2 heterocycles. The van der Waals surface area contributed by atoms with Crippen LogP contribution in [0.2, 0.25) is 5.02 Å². The zero-order valence-corrected chi connectivity index (χ0v) is 10.3. The van der Waals surface area contributed by atoms with Crippen molar-refractivity contribution >= 4 is 40.3 Å². The molecule has 0 saturated heterocycles. The van der Waals surface area contributed by atoms with Crippen LogP contribution in [0.15, 0.2) is 23.7 Å². The normalized spacial score (nSPS) is 10.4. The maximum Gasteiger partial charge on any atom is 0.196 e. The van der Waals surface area contributed by atoms with Crippen LogP contribution < -0.4 is 0 Å². The summed E-state index contributed by atoms with van der Waals surface area (Å²) in [6.07, 6.45) is 1.54. The smallest absolute Gasteiger partial charge is 0.196 e. The second kappa shape index (κ2) is 4.91. The molecule has 0 amide bonds. The number of halogens is 2. The number of Topliss-reactive ketones (excluding diaryl/α,β-unsaturated/α-hetero) is 1. The lowest BCUT2D eigenvalue weighted by molar-refractivity contribution is 0.101. The summed E-state index contributed by atoms with van der Waals surface area (Å²) >= 11 is 12.5. The van der Waals surface area contributed by atoms with Gasteiger partial charge in [0, 0.05) is 11.6 Å². The summed E-state index contributed by atoms with van der Waals surface area (Å²) in [6.45, 7) is 0. The molecule has 0 N–H and O–H groups in total. The van der Waals surface area contributed by atoms with Gasteiger partial charge in [-0.3, -0.25) is 9.78 Å². The Balaban J connectivity index is 2.31. The second-order valence-corrected chi connectivity index (χ2v) is 4.52. The Bertz CT molecular complexity index is 510. The zero-order chi connectivity index (χ0) is 11.5. The molecule has 0 aliphatic carbocycles. The van der Waals surface area contributed by atoms with Gasteiger partial charge in [0.25, 0.3) is 0 Å². The van der Waals surface area contributed by atoms with Gasteiger partial charge in [0.1, 0.15) is 10.7 Å². The van der Waals surface area contributed by atoms with Crippen LogP contribution in [0.5, 0.6) is 0 Å².